The molecule has 0 spiro atoms. The van der Waals surface area contributed by atoms with Gasteiger partial charge in [0.1, 0.15) is 5.25 Å². The van der Waals surface area contributed by atoms with Crippen molar-refractivity contribution in [2.75, 3.05) is 4.90 Å². The van der Waals surface area contributed by atoms with Crippen molar-refractivity contribution < 1.29 is 9.59 Å². The Balaban J connectivity index is 1.57. The van der Waals surface area contributed by atoms with Gasteiger partial charge >= 0.3 is 4.87 Å². The van der Waals surface area contributed by atoms with Crippen LogP contribution in [0.3, 0.4) is 0 Å². The van der Waals surface area contributed by atoms with Gasteiger partial charge in [0.15, 0.2) is 0 Å². The molecule has 3 heterocycles. The number of hydrogen-bond acceptors (Lipinski definition) is 5. The number of imide groups is 1. The first kappa shape index (κ1) is 19.4. The van der Waals surface area contributed by atoms with Gasteiger partial charge in [-0.25, -0.2) is 4.90 Å². The predicted molar refractivity (Wildman–Crippen MR) is 120 cm³/mol. The molecule has 5 nitrogen and oxygen atoms in total. The number of rotatable bonds is 3. The highest BCUT2D eigenvalue weighted by atomic mass is 35.5. The molecule has 2 amide bonds. The van der Waals surface area contributed by atoms with Crippen molar-refractivity contribution in [3.8, 4) is 0 Å². The van der Waals surface area contributed by atoms with Crippen LogP contribution < -0.4 is 9.77 Å². The normalized spacial score (nSPS) is 23.1. The molecule has 3 aromatic rings. The molecule has 2 aliphatic heterocycles. The lowest BCUT2D eigenvalue weighted by Gasteiger charge is -2.27. The molecule has 0 bridgehead atoms. The van der Waals surface area contributed by atoms with Crippen molar-refractivity contribution in [1.82, 2.24) is 4.98 Å². The molecular formula is C22H15ClN2O3S2. The highest BCUT2D eigenvalue weighted by molar-refractivity contribution is 8.00. The number of halogens is 1. The van der Waals surface area contributed by atoms with E-state index >= 15 is 0 Å². The standard InChI is InChI=1S/C22H15ClN2O3S2/c23-13-7-9-14(10-8-13)25-20(26)16-15(11-6-12-4-2-1-3-5-12)17-19(24-22(28)30-17)29-18(16)21(25)27/h1-11,15-16,18H,(H,24,28)/b11-6+/t15-,16-,18-/m1/s1. The number of carbonyl (C=O) groups is 2. The van der Waals surface area contributed by atoms with E-state index in [0.717, 1.165) is 21.8 Å². The van der Waals surface area contributed by atoms with Crippen molar-refractivity contribution in [3.05, 3.63) is 85.8 Å². The Hall–Kier alpha value is -2.61. The molecule has 0 saturated carbocycles. The van der Waals surface area contributed by atoms with Gasteiger partial charge in [0.05, 0.1) is 16.6 Å². The number of hydrogen-bond donors (Lipinski definition) is 1. The molecule has 1 aromatic heterocycles. The third-order valence-corrected chi connectivity index (χ3v) is 7.92. The molecule has 1 N–H and O–H groups in total. The summed E-state index contributed by atoms with van der Waals surface area (Å²) in [6.45, 7) is 0. The summed E-state index contributed by atoms with van der Waals surface area (Å²) in [6.07, 6.45) is 3.88. The summed E-state index contributed by atoms with van der Waals surface area (Å²) in [5, 5.41) is 0.623. The van der Waals surface area contributed by atoms with Crippen LogP contribution >= 0.6 is 34.7 Å². The largest absolute Gasteiger partial charge is 0.307 e. The van der Waals surface area contributed by atoms with Gasteiger partial charge in [-0.2, -0.15) is 0 Å². The van der Waals surface area contributed by atoms with Gasteiger partial charge in [0, 0.05) is 15.8 Å². The summed E-state index contributed by atoms with van der Waals surface area (Å²) in [6, 6.07) is 16.4. The van der Waals surface area contributed by atoms with E-state index in [1.165, 1.54) is 16.7 Å². The zero-order valence-electron chi connectivity index (χ0n) is 15.4. The van der Waals surface area contributed by atoms with Crippen LogP contribution in [-0.2, 0) is 9.59 Å². The molecule has 3 atom stereocenters. The minimum atomic E-state index is -0.587. The smallest absolute Gasteiger partial charge is 0.305 e. The number of nitrogens with one attached hydrogen (secondary N) is 1. The summed E-state index contributed by atoms with van der Waals surface area (Å²) >= 11 is 8.33. The molecule has 2 aliphatic rings. The topological polar surface area (TPSA) is 70.2 Å². The highest BCUT2D eigenvalue weighted by Crippen LogP contribution is 2.51. The minimum Gasteiger partial charge on any atom is -0.307 e. The minimum absolute atomic E-state index is 0.181. The van der Waals surface area contributed by atoms with Crippen molar-refractivity contribution in [2.45, 2.75) is 16.2 Å². The maximum atomic E-state index is 13.4. The molecular weight excluding hydrogens is 440 g/mol. The number of amides is 2. The monoisotopic (exact) mass is 454 g/mol. The van der Waals surface area contributed by atoms with Gasteiger partial charge in [-0.1, -0.05) is 77.2 Å². The number of thioether (sulfide) groups is 1. The van der Waals surface area contributed by atoms with Crippen LogP contribution in [0.5, 0.6) is 0 Å². The maximum Gasteiger partial charge on any atom is 0.305 e. The van der Waals surface area contributed by atoms with Crippen LogP contribution in [0.25, 0.3) is 6.08 Å². The summed E-state index contributed by atoms with van der Waals surface area (Å²) in [5.74, 6) is -1.46. The first-order valence-corrected chi connectivity index (χ1v) is 11.4. The van der Waals surface area contributed by atoms with Gasteiger partial charge in [0.25, 0.3) is 0 Å². The third kappa shape index (κ3) is 3.23. The zero-order valence-corrected chi connectivity index (χ0v) is 17.8. The molecule has 8 heteroatoms. The zero-order chi connectivity index (χ0) is 20.8. The van der Waals surface area contributed by atoms with E-state index in [0.29, 0.717) is 15.7 Å². The van der Waals surface area contributed by atoms with Gasteiger partial charge < -0.3 is 4.98 Å². The number of anilines is 1. The lowest BCUT2D eigenvalue weighted by atomic mass is 9.88. The average molecular weight is 455 g/mol. The Bertz CT molecular complexity index is 1220. The fraction of sp³-hybridized carbons (Fsp3) is 0.136. The fourth-order valence-electron chi connectivity index (χ4n) is 3.89. The Morgan fingerprint density at radius 1 is 0.967 bits per heavy atom. The summed E-state index contributed by atoms with van der Waals surface area (Å²) < 4.78 is 0. The molecule has 0 aliphatic carbocycles. The molecule has 150 valence electrons. The number of aromatic amines is 1. The number of carbonyl (C=O) groups excluding carboxylic acids is 2. The number of nitrogens with zero attached hydrogens (tertiary/aromatic N) is 1. The number of benzene rings is 2. The second-order valence-electron chi connectivity index (χ2n) is 7.06. The number of thiazole rings is 1. The van der Waals surface area contributed by atoms with Crippen LogP contribution in [-0.4, -0.2) is 22.0 Å². The lowest BCUT2D eigenvalue weighted by molar-refractivity contribution is -0.122. The van der Waals surface area contributed by atoms with E-state index in [4.69, 9.17) is 11.6 Å². The van der Waals surface area contributed by atoms with E-state index in [9.17, 15) is 14.4 Å². The van der Waals surface area contributed by atoms with Crippen LogP contribution in [0.4, 0.5) is 5.69 Å². The maximum absolute atomic E-state index is 13.4. The Morgan fingerprint density at radius 3 is 2.43 bits per heavy atom. The molecule has 0 radical (unpaired) electrons. The summed E-state index contributed by atoms with van der Waals surface area (Å²) in [7, 11) is 0. The molecule has 30 heavy (non-hydrogen) atoms. The van der Waals surface area contributed by atoms with Crippen molar-refractivity contribution >= 4 is 58.3 Å². The molecule has 0 unspecified atom stereocenters. The number of aromatic nitrogens is 1. The van der Waals surface area contributed by atoms with Crippen molar-refractivity contribution in [3.63, 3.8) is 0 Å². The van der Waals surface area contributed by atoms with Crippen LogP contribution in [0.1, 0.15) is 16.4 Å². The Morgan fingerprint density at radius 2 is 1.70 bits per heavy atom. The van der Waals surface area contributed by atoms with E-state index in [1.807, 2.05) is 42.5 Å². The third-order valence-electron chi connectivity index (χ3n) is 5.25. The molecule has 1 fully saturated rings. The van der Waals surface area contributed by atoms with Crippen LogP contribution in [0, 0.1) is 5.92 Å². The summed E-state index contributed by atoms with van der Waals surface area (Å²) in [4.78, 5) is 43.3. The predicted octanol–water partition coefficient (Wildman–Crippen LogP) is 4.55. The lowest BCUT2D eigenvalue weighted by Crippen LogP contribution is -2.31. The summed E-state index contributed by atoms with van der Waals surface area (Å²) in [5.41, 5.74) is 1.50. The van der Waals surface area contributed by atoms with Gasteiger partial charge in [-0.15, -0.1) is 0 Å². The van der Waals surface area contributed by atoms with E-state index in [1.54, 1.807) is 24.3 Å². The van der Waals surface area contributed by atoms with Crippen LogP contribution in [0.15, 0.2) is 70.5 Å². The Kier molecular flexibility index (Phi) is 4.89. The fourth-order valence-corrected chi connectivity index (χ4v) is 6.50. The Labute approximate surface area is 185 Å². The number of fused-ring (bicyclic) bond motifs is 2. The van der Waals surface area contributed by atoms with Crippen molar-refractivity contribution in [1.29, 1.82) is 0 Å². The SMILES string of the molecule is O=C1[C@H]2[C@@H](Sc3[nH]c(=O)sc3[C@@H]2/C=C/c2ccccc2)C(=O)N1c1ccc(Cl)cc1. The van der Waals surface area contributed by atoms with Gasteiger partial charge in [0.2, 0.25) is 11.8 Å². The second-order valence-corrected chi connectivity index (χ2v) is 9.66. The molecule has 2 aromatic carbocycles. The van der Waals surface area contributed by atoms with Gasteiger partial charge in [-0.05, 0) is 29.8 Å². The first-order chi connectivity index (χ1) is 14.5. The quantitative estimate of drug-likeness (QED) is 0.589. The van der Waals surface area contributed by atoms with Crippen LogP contribution in [0.2, 0.25) is 5.02 Å². The highest BCUT2D eigenvalue weighted by Gasteiger charge is 2.55. The van der Waals surface area contributed by atoms with E-state index in [2.05, 4.69) is 4.98 Å². The second kappa shape index (κ2) is 7.58. The van der Waals surface area contributed by atoms with Crippen molar-refractivity contribution in [2.24, 2.45) is 5.92 Å². The average Bonchev–Trinajstić information content (AvgIpc) is 3.24. The van der Waals surface area contributed by atoms with E-state index in [-0.39, 0.29) is 22.6 Å². The van der Waals surface area contributed by atoms with Gasteiger partial charge in [-0.3, -0.25) is 14.4 Å². The molecule has 1 saturated heterocycles. The first-order valence-electron chi connectivity index (χ1n) is 9.29. The molecule has 5 rings (SSSR count). The van der Waals surface area contributed by atoms with E-state index < -0.39 is 11.2 Å². The number of H-pyrrole nitrogens is 1. The number of allylic oxidation sites excluding steroid dienone is 1.